The van der Waals surface area contributed by atoms with Crippen molar-refractivity contribution in [1.29, 1.82) is 0 Å². The minimum Gasteiger partial charge on any atom is -0.299 e. The highest BCUT2D eigenvalue weighted by atomic mass is 16.1. The summed E-state index contributed by atoms with van der Waals surface area (Å²) in [6.07, 6.45) is 12.8. The number of fused-ring (bicyclic) bond motifs is 5. The van der Waals surface area contributed by atoms with Gasteiger partial charge in [0.2, 0.25) is 0 Å². The monoisotopic (exact) mass is 328 g/mol. The van der Waals surface area contributed by atoms with Crippen LogP contribution >= 0.6 is 0 Å². The van der Waals surface area contributed by atoms with Gasteiger partial charge in [-0.3, -0.25) is 4.79 Å². The fraction of sp³-hybridized carbons (Fsp3) is 0.870. The molecule has 1 heteroatoms. The van der Waals surface area contributed by atoms with Crippen LogP contribution in [0.3, 0.4) is 0 Å². The Morgan fingerprint density at radius 1 is 1.04 bits per heavy atom. The van der Waals surface area contributed by atoms with Crippen LogP contribution in [-0.4, -0.2) is 5.78 Å². The smallest absolute Gasteiger partial charge is 0.136 e. The van der Waals surface area contributed by atoms with E-state index in [2.05, 4.69) is 27.4 Å². The van der Waals surface area contributed by atoms with E-state index in [-0.39, 0.29) is 0 Å². The molecule has 4 fully saturated rings. The number of ketones is 1. The highest BCUT2D eigenvalue weighted by Gasteiger charge is 2.60. The van der Waals surface area contributed by atoms with Gasteiger partial charge in [0.15, 0.2) is 0 Å². The van der Waals surface area contributed by atoms with E-state index in [1.165, 1.54) is 56.9 Å². The number of rotatable bonds is 1. The Labute approximate surface area is 148 Å². The molecule has 4 aliphatic rings. The lowest BCUT2D eigenvalue weighted by atomic mass is 9.41. The quantitative estimate of drug-likeness (QED) is 0.525. The lowest BCUT2D eigenvalue weighted by Gasteiger charge is -2.63. The Hall–Kier alpha value is -0.590. The van der Waals surface area contributed by atoms with Gasteiger partial charge in [0, 0.05) is 12.3 Å². The molecular weight excluding hydrogens is 292 g/mol. The molecule has 0 aromatic carbocycles. The van der Waals surface area contributed by atoms with Gasteiger partial charge in [0.1, 0.15) is 5.78 Å². The van der Waals surface area contributed by atoms with Gasteiger partial charge in [-0.25, -0.2) is 0 Å². The van der Waals surface area contributed by atoms with Crippen molar-refractivity contribution in [3.8, 4) is 0 Å². The summed E-state index contributed by atoms with van der Waals surface area (Å²) in [5.41, 5.74) is 2.12. The second-order valence-electron chi connectivity index (χ2n) is 10.4. The Balaban J connectivity index is 1.66. The van der Waals surface area contributed by atoms with Crippen LogP contribution < -0.4 is 0 Å². The maximum atomic E-state index is 12.9. The first-order valence-corrected chi connectivity index (χ1v) is 10.5. The van der Waals surface area contributed by atoms with Crippen LogP contribution in [0.1, 0.15) is 85.0 Å². The number of carbonyl (C=O) groups excluding carboxylic acids is 1. The molecule has 0 heterocycles. The lowest BCUT2D eigenvalue weighted by molar-refractivity contribution is -0.162. The zero-order valence-corrected chi connectivity index (χ0v) is 16.1. The molecular formula is C23H36O. The maximum absolute atomic E-state index is 12.9. The standard InChI is InChI=1S/C23H36O/c1-15(2)17-8-7-16-9-10-18-21-20(24)6-5-11-22(21,3)12-13-23(18,4)19(16)14-17/h16-19,21H,1,5-14H2,2-4H3/t16-,17+,18-,19-,21+,22+,23-/m1/s1. The minimum atomic E-state index is 0.314. The summed E-state index contributed by atoms with van der Waals surface area (Å²) in [5.74, 6) is 4.14. The first-order valence-electron chi connectivity index (χ1n) is 10.5. The molecule has 134 valence electrons. The van der Waals surface area contributed by atoms with E-state index in [1.807, 2.05) is 0 Å². The molecule has 24 heavy (non-hydrogen) atoms. The van der Waals surface area contributed by atoms with E-state index in [9.17, 15) is 4.79 Å². The second-order valence-corrected chi connectivity index (χ2v) is 10.4. The third kappa shape index (κ3) is 2.36. The minimum absolute atomic E-state index is 0.314. The summed E-state index contributed by atoms with van der Waals surface area (Å²) in [6.45, 7) is 11.5. The summed E-state index contributed by atoms with van der Waals surface area (Å²) in [7, 11) is 0. The van der Waals surface area contributed by atoms with Gasteiger partial charge in [-0.2, -0.15) is 0 Å². The molecule has 4 aliphatic carbocycles. The highest BCUT2D eigenvalue weighted by molar-refractivity contribution is 5.83. The third-order valence-electron chi connectivity index (χ3n) is 9.14. The molecule has 0 aromatic heterocycles. The van der Waals surface area contributed by atoms with Crippen molar-refractivity contribution in [3.63, 3.8) is 0 Å². The van der Waals surface area contributed by atoms with Crippen molar-refractivity contribution in [1.82, 2.24) is 0 Å². The maximum Gasteiger partial charge on any atom is 0.136 e. The molecule has 0 radical (unpaired) electrons. The van der Waals surface area contributed by atoms with Crippen LogP contribution in [0.5, 0.6) is 0 Å². The lowest BCUT2D eigenvalue weighted by Crippen LogP contribution is -2.57. The molecule has 0 aromatic rings. The van der Waals surface area contributed by atoms with Crippen LogP contribution in [0.15, 0.2) is 12.2 Å². The van der Waals surface area contributed by atoms with E-state index in [0.717, 1.165) is 30.6 Å². The van der Waals surface area contributed by atoms with E-state index in [0.29, 0.717) is 28.4 Å². The van der Waals surface area contributed by atoms with Crippen LogP contribution in [0.2, 0.25) is 0 Å². The Bertz CT molecular complexity index is 548. The zero-order valence-electron chi connectivity index (χ0n) is 16.1. The summed E-state index contributed by atoms with van der Waals surface area (Å²) >= 11 is 0. The predicted molar refractivity (Wildman–Crippen MR) is 99.7 cm³/mol. The van der Waals surface area contributed by atoms with E-state index < -0.39 is 0 Å². The van der Waals surface area contributed by atoms with Crippen molar-refractivity contribution in [2.75, 3.05) is 0 Å². The van der Waals surface area contributed by atoms with Crippen LogP contribution in [0.4, 0.5) is 0 Å². The van der Waals surface area contributed by atoms with Gasteiger partial charge >= 0.3 is 0 Å². The third-order valence-corrected chi connectivity index (χ3v) is 9.14. The molecule has 7 atom stereocenters. The van der Waals surface area contributed by atoms with Gasteiger partial charge in [-0.15, -0.1) is 0 Å². The Kier molecular flexibility index (Phi) is 4.01. The van der Waals surface area contributed by atoms with Crippen molar-refractivity contribution in [2.24, 2.45) is 40.4 Å². The second kappa shape index (κ2) is 5.71. The highest BCUT2D eigenvalue weighted by Crippen LogP contribution is 2.66. The first kappa shape index (κ1) is 16.9. The molecule has 0 aliphatic heterocycles. The van der Waals surface area contributed by atoms with E-state index >= 15 is 0 Å². The SMILES string of the molecule is C=C(C)[C@H]1CC[C@@H]2CC[C@@H]3[C@H]4C(=O)CCC[C@@]4(C)CC[C@@]3(C)[C@@H]2C1. The van der Waals surface area contributed by atoms with Crippen LogP contribution in [0, 0.1) is 40.4 Å². The first-order chi connectivity index (χ1) is 11.3. The number of hydrogen-bond donors (Lipinski definition) is 0. The van der Waals surface area contributed by atoms with Crippen molar-refractivity contribution in [3.05, 3.63) is 12.2 Å². The molecule has 0 spiro atoms. The predicted octanol–water partition coefficient (Wildman–Crippen LogP) is 6.18. The van der Waals surface area contributed by atoms with Gasteiger partial charge in [-0.1, -0.05) is 26.0 Å². The fourth-order valence-corrected chi connectivity index (χ4v) is 7.66. The summed E-state index contributed by atoms with van der Waals surface area (Å²) in [6, 6.07) is 0. The topological polar surface area (TPSA) is 17.1 Å². The molecule has 0 N–H and O–H groups in total. The Morgan fingerprint density at radius 3 is 2.54 bits per heavy atom. The van der Waals surface area contributed by atoms with Crippen molar-refractivity contribution in [2.45, 2.75) is 85.0 Å². The van der Waals surface area contributed by atoms with Crippen LogP contribution in [-0.2, 0) is 4.79 Å². The molecule has 4 saturated carbocycles. The van der Waals surface area contributed by atoms with Gasteiger partial charge in [0.05, 0.1) is 0 Å². The zero-order chi connectivity index (χ0) is 17.1. The molecule has 0 saturated heterocycles. The summed E-state index contributed by atoms with van der Waals surface area (Å²) in [5, 5.41) is 0. The van der Waals surface area contributed by atoms with Gasteiger partial charge in [0.25, 0.3) is 0 Å². The molecule has 0 bridgehead atoms. The summed E-state index contributed by atoms with van der Waals surface area (Å²) in [4.78, 5) is 12.9. The number of Topliss-reactive ketones (excluding diaryl/α,β-unsaturated/α-hetero) is 1. The molecule has 1 nitrogen and oxygen atoms in total. The van der Waals surface area contributed by atoms with E-state index in [4.69, 9.17) is 0 Å². The largest absolute Gasteiger partial charge is 0.299 e. The van der Waals surface area contributed by atoms with E-state index in [1.54, 1.807) is 0 Å². The number of allylic oxidation sites excluding steroid dienone is 1. The van der Waals surface area contributed by atoms with Gasteiger partial charge < -0.3 is 0 Å². The summed E-state index contributed by atoms with van der Waals surface area (Å²) < 4.78 is 0. The number of carbonyl (C=O) groups is 1. The molecule has 0 unspecified atom stereocenters. The Morgan fingerprint density at radius 2 is 1.79 bits per heavy atom. The van der Waals surface area contributed by atoms with Gasteiger partial charge in [-0.05, 0) is 99.2 Å². The van der Waals surface area contributed by atoms with Crippen LogP contribution in [0.25, 0.3) is 0 Å². The van der Waals surface area contributed by atoms with Crippen molar-refractivity contribution < 1.29 is 4.79 Å². The molecule has 0 amide bonds. The van der Waals surface area contributed by atoms with Crippen molar-refractivity contribution >= 4 is 5.78 Å². The average Bonchev–Trinajstić information content (AvgIpc) is 2.54. The molecule has 4 rings (SSSR count). The number of hydrogen-bond acceptors (Lipinski definition) is 1. The average molecular weight is 329 g/mol. The normalized spacial score (nSPS) is 51.3. The fourth-order valence-electron chi connectivity index (χ4n) is 7.66.